The van der Waals surface area contributed by atoms with E-state index in [1.807, 2.05) is 25.1 Å². The number of thiophene rings is 1. The van der Waals surface area contributed by atoms with Crippen LogP contribution >= 0.6 is 11.3 Å². The molecular weight excluding hydrogens is 282 g/mol. The fraction of sp³-hybridized carbons (Fsp3) is 0.438. The minimum absolute atomic E-state index is 0.0556. The number of nitrogens with two attached hydrogens (primary N) is 2. The molecule has 1 aromatic heterocycles. The number of nitrogens with one attached hydrogen (secondary N) is 1. The summed E-state index contributed by atoms with van der Waals surface area (Å²) in [6.45, 7) is 2.04. The van der Waals surface area contributed by atoms with Gasteiger partial charge in [-0.15, -0.1) is 11.3 Å². The fourth-order valence-corrected chi connectivity index (χ4v) is 4.11. The van der Waals surface area contributed by atoms with Gasteiger partial charge in [-0.3, -0.25) is 4.79 Å². The third kappa shape index (κ3) is 2.63. The summed E-state index contributed by atoms with van der Waals surface area (Å²) in [7, 11) is 0. The van der Waals surface area contributed by atoms with E-state index >= 15 is 0 Å². The quantitative estimate of drug-likeness (QED) is 0.798. The minimum atomic E-state index is -0.0875. The zero-order valence-corrected chi connectivity index (χ0v) is 13.0. The Balaban J connectivity index is 1.88. The van der Waals surface area contributed by atoms with Crippen LogP contribution in [-0.2, 0) is 0 Å². The third-order valence-corrected chi connectivity index (χ3v) is 5.65. The van der Waals surface area contributed by atoms with Gasteiger partial charge in [0.25, 0.3) is 5.91 Å². The summed E-state index contributed by atoms with van der Waals surface area (Å²) in [5.74, 6) is -0.0875. The maximum absolute atomic E-state index is 12.5. The molecule has 2 aromatic rings. The highest BCUT2D eigenvalue weighted by atomic mass is 32.1. The van der Waals surface area contributed by atoms with E-state index in [2.05, 4.69) is 5.32 Å². The molecule has 1 fully saturated rings. The van der Waals surface area contributed by atoms with Crippen LogP contribution in [0.25, 0.3) is 10.1 Å². The van der Waals surface area contributed by atoms with Crippen molar-refractivity contribution in [2.24, 2.45) is 5.73 Å². The second-order valence-corrected chi connectivity index (χ2v) is 6.85. The van der Waals surface area contributed by atoms with Crippen molar-refractivity contribution >= 4 is 33.0 Å². The van der Waals surface area contributed by atoms with Gasteiger partial charge in [-0.1, -0.05) is 31.0 Å². The second kappa shape index (κ2) is 5.66. The van der Waals surface area contributed by atoms with Crippen LogP contribution in [0.3, 0.4) is 0 Å². The Hall–Kier alpha value is -1.59. The van der Waals surface area contributed by atoms with Gasteiger partial charge in [0.05, 0.1) is 5.69 Å². The van der Waals surface area contributed by atoms with Gasteiger partial charge in [0.15, 0.2) is 0 Å². The van der Waals surface area contributed by atoms with Crippen molar-refractivity contribution in [3.05, 3.63) is 28.6 Å². The van der Waals surface area contributed by atoms with E-state index in [0.717, 1.165) is 41.3 Å². The summed E-state index contributed by atoms with van der Waals surface area (Å²) in [6, 6.07) is 6.10. The molecule has 2 atom stereocenters. The predicted octanol–water partition coefficient (Wildman–Crippen LogP) is 2.79. The Morgan fingerprint density at radius 3 is 2.81 bits per heavy atom. The monoisotopic (exact) mass is 303 g/mol. The average Bonchev–Trinajstić information content (AvgIpc) is 2.81. The van der Waals surface area contributed by atoms with Crippen molar-refractivity contribution in [3.8, 4) is 0 Å². The molecule has 1 aliphatic carbocycles. The van der Waals surface area contributed by atoms with E-state index in [-0.39, 0.29) is 18.0 Å². The van der Waals surface area contributed by atoms with Crippen LogP contribution in [-0.4, -0.2) is 18.0 Å². The number of benzene rings is 1. The van der Waals surface area contributed by atoms with Crippen molar-refractivity contribution in [2.75, 3.05) is 5.73 Å². The van der Waals surface area contributed by atoms with Gasteiger partial charge in [0.1, 0.15) is 4.88 Å². The molecule has 0 radical (unpaired) electrons. The van der Waals surface area contributed by atoms with Gasteiger partial charge in [-0.2, -0.15) is 0 Å². The highest BCUT2D eigenvalue weighted by Crippen LogP contribution is 2.35. The first-order valence-electron chi connectivity index (χ1n) is 7.42. The van der Waals surface area contributed by atoms with Crippen molar-refractivity contribution in [3.63, 3.8) is 0 Å². The van der Waals surface area contributed by atoms with Gasteiger partial charge in [-0.25, -0.2) is 0 Å². The highest BCUT2D eigenvalue weighted by Gasteiger charge is 2.25. The largest absolute Gasteiger partial charge is 0.397 e. The lowest BCUT2D eigenvalue weighted by Crippen LogP contribution is -2.49. The summed E-state index contributed by atoms with van der Waals surface area (Å²) in [6.07, 6.45) is 4.21. The number of carbonyl (C=O) groups excluding carboxylic acids is 1. The first kappa shape index (κ1) is 14.4. The molecular formula is C16H21N3OS. The molecule has 0 saturated heterocycles. The minimum Gasteiger partial charge on any atom is -0.397 e. The van der Waals surface area contributed by atoms with Gasteiger partial charge in [0, 0.05) is 22.2 Å². The number of hydrogen-bond donors (Lipinski definition) is 3. The van der Waals surface area contributed by atoms with Gasteiger partial charge < -0.3 is 16.8 Å². The Morgan fingerprint density at radius 1 is 1.33 bits per heavy atom. The number of anilines is 1. The van der Waals surface area contributed by atoms with Crippen LogP contribution < -0.4 is 16.8 Å². The SMILES string of the molecule is Cc1cccc2c(N)c(C(=O)NC3CCCCC3N)sc12. The number of carbonyl (C=O) groups is 1. The Labute approximate surface area is 128 Å². The second-order valence-electron chi connectivity index (χ2n) is 5.82. The molecule has 2 unspecified atom stereocenters. The lowest BCUT2D eigenvalue weighted by Gasteiger charge is -2.29. The first-order chi connectivity index (χ1) is 10.1. The number of aryl methyl sites for hydroxylation is 1. The molecule has 0 spiro atoms. The lowest BCUT2D eigenvalue weighted by atomic mass is 9.91. The van der Waals surface area contributed by atoms with Crippen molar-refractivity contribution in [2.45, 2.75) is 44.7 Å². The fourth-order valence-electron chi connectivity index (χ4n) is 3.02. The van der Waals surface area contributed by atoms with Gasteiger partial charge >= 0.3 is 0 Å². The molecule has 1 heterocycles. The Morgan fingerprint density at radius 2 is 2.10 bits per heavy atom. The number of amides is 1. The van der Waals surface area contributed by atoms with Gasteiger partial charge in [-0.05, 0) is 25.3 Å². The number of rotatable bonds is 2. The average molecular weight is 303 g/mol. The molecule has 1 aromatic carbocycles. The van der Waals surface area contributed by atoms with Crippen LogP contribution in [0.1, 0.15) is 40.9 Å². The molecule has 0 aliphatic heterocycles. The summed E-state index contributed by atoms with van der Waals surface area (Å²) < 4.78 is 1.09. The van der Waals surface area contributed by atoms with Crippen molar-refractivity contribution in [1.82, 2.24) is 5.32 Å². The normalized spacial score (nSPS) is 22.4. The Kier molecular flexibility index (Phi) is 3.87. The maximum Gasteiger partial charge on any atom is 0.263 e. The van der Waals surface area contributed by atoms with E-state index in [1.54, 1.807) is 0 Å². The molecule has 1 amide bonds. The highest BCUT2D eigenvalue weighted by molar-refractivity contribution is 7.21. The molecule has 21 heavy (non-hydrogen) atoms. The zero-order valence-electron chi connectivity index (χ0n) is 12.2. The van der Waals surface area contributed by atoms with Crippen LogP contribution in [0.15, 0.2) is 18.2 Å². The number of fused-ring (bicyclic) bond motifs is 1. The lowest BCUT2D eigenvalue weighted by molar-refractivity contribution is 0.0926. The first-order valence-corrected chi connectivity index (χ1v) is 8.23. The van der Waals surface area contributed by atoms with Crippen LogP contribution in [0.5, 0.6) is 0 Å². The topological polar surface area (TPSA) is 81.1 Å². The number of hydrogen-bond acceptors (Lipinski definition) is 4. The standard InChI is InChI=1S/C16H21N3OS/c1-9-5-4-6-10-13(18)15(21-14(9)10)16(20)19-12-8-3-2-7-11(12)17/h4-6,11-12H,2-3,7-8,17-18H2,1H3,(H,19,20). The molecule has 3 rings (SSSR count). The molecule has 4 nitrogen and oxygen atoms in total. The smallest absolute Gasteiger partial charge is 0.263 e. The molecule has 1 saturated carbocycles. The number of nitrogen functional groups attached to an aromatic ring is 1. The summed E-state index contributed by atoms with van der Waals surface area (Å²) in [5, 5.41) is 4.04. The van der Waals surface area contributed by atoms with E-state index < -0.39 is 0 Å². The van der Waals surface area contributed by atoms with E-state index in [9.17, 15) is 4.79 Å². The molecule has 5 heteroatoms. The van der Waals surface area contributed by atoms with Crippen LogP contribution in [0, 0.1) is 6.92 Å². The van der Waals surface area contributed by atoms with Crippen LogP contribution in [0.4, 0.5) is 5.69 Å². The van der Waals surface area contributed by atoms with Crippen molar-refractivity contribution < 1.29 is 4.79 Å². The van der Waals surface area contributed by atoms with E-state index in [0.29, 0.717) is 10.6 Å². The third-order valence-electron chi connectivity index (χ3n) is 4.29. The Bertz CT molecular complexity index is 679. The predicted molar refractivity (Wildman–Crippen MR) is 88.7 cm³/mol. The van der Waals surface area contributed by atoms with E-state index in [1.165, 1.54) is 11.3 Å². The summed E-state index contributed by atoms with van der Waals surface area (Å²) >= 11 is 1.47. The maximum atomic E-state index is 12.5. The molecule has 1 aliphatic rings. The summed E-state index contributed by atoms with van der Waals surface area (Å²) in [4.78, 5) is 13.1. The molecule has 5 N–H and O–H groups in total. The van der Waals surface area contributed by atoms with Gasteiger partial charge in [0.2, 0.25) is 0 Å². The molecule has 0 bridgehead atoms. The summed E-state index contributed by atoms with van der Waals surface area (Å²) in [5.41, 5.74) is 14.0. The van der Waals surface area contributed by atoms with E-state index in [4.69, 9.17) is 11.5 Å². The van der Waals surface area contributed by atoms with Crippen LogP contribution in [0.2, 0.25) is 0 Å². The van der Waals surface area contributed by atoms with Crippen molar-refractivity contribution in [1.29, 1.82) is 0 Å². The molecule has 112 valence electrons. The zero-order chi connectivity index (χ0) is 15.0.